The van der Waals surface area contributed by atoms with E-state index in [-0.39, 0.29) is 24.4 Å². The molecule has 3 N–H and O–H groups in total. The van der Waals surface area contributed by atoms with Crippen molar-refractivity contribution in [2.45, 2.75) is 50.1 Å². The molecule has 0 saturated carbocycles. The minimum Gasteiger partial charge on any atom is -0.507 e. The van der Waals surface area contributed by atoms with E-state index in [1.165, 1.54) is 0 Å². The first-order chi connectivity index (χ1) is 15.5. The monoisotopic (exact) mass is 438 g/mol. The van der Waals surface area contributed by atoms with Crippen LogP contribution in [-0.4, -0.2) is 67.9 Å². The SMILES string of the molecule is CN(c1cnc(-c2ccc(-c3cnn(CCO)c3)cc2O)cn1)[C@H]1C[C@@H]2CC[C@@H](N2)[C@H]1F. The maximum Gasteiger partial charge on any atom is 0.147 e. The summed E-state index contributed by atoms with van der Waals surface area (Å²) in [6.07, 6.45) is 8.50. The van der Waals surface area contributed by atoms with Crippen LogP contribution in [0.2, 0.25) is 0 Å². The van der Waals surface area contributed by atoms with Crippen LogP contribution in [0.3, 0.4) is 0 Å². The first-order valence-electron chi connectivity index (χ1n) is 11.0. The molecule has 2 aliphatic rings. The first kappa shape index (κ1) is 20.8. The number of hydrogen-bond donors (Lipinski definition) is 3. The van der Waals surface area contributed by atoms with E-state index in [4.69, 9.17) is 5.11 Å². The van der Waals surface area contributed by atoms with Crippen molar-refractivity contribution in [2.75, 3.05) is 18.6 Å². The van der Waals surface area contributed by atoms with Gasteiger partial charge in [-0.15, -0.1) is 0 Å². The van der Waals surface area contributed by atoms with Crippen molar-refractivity contribution in [3.63, 3.8) is 0 Å². The quantitative estimate of drug-likeness (QED) is 0.543. The van der Waals surface area contributed by atoms with Crippen LogP contribution in [0.4, 0.5) is 10.2 Å². The lowest BCUT2D eigenvalue weighted by molar-refractivity contribution is 0.176. The van der Waals surface area contributed by atoms with Crippen LogP contribution >= 0.6 is 0 Å². The summed E-state index contributed by atoms with van der Waals surface area (Å²) in [5, 5.41) is 27.2. The number of anilines is 1. The molecule has 5 rings (SSSR count). The highest BCUT2D eigenvalue weighted by molar-refractivity contribution is 5.73. The zero-order valence-electron chi connectivity index (χ0n) is 17.9. The molecule has 1 aromatic carbocycles. The predicted molar refractivity (Wildman–Crippen MR) is 119 cm³/mol. The number of aliphatic hydroxyl groups excluding tert-OH is 1. The number of phenols is 1. The minimum absolute atomic E-state index is 0.0138. The largest absolute Gasteiger partial charge is 0.507 e. The Bertz CT molecular complexity index is 1090. The normalized spacial score (nSPS) is 24.6. The van der Waals surface area contributed by atoms with Crippen LogP contribution in [0, 0.1) is 0 Å². The molecule has 4 heterocycles. The van der Waals surface area contributed by atoms with Gasteiger partial charge < -0.3 is 20.4 Å². The van der Waals surface area contributed by atoms with Crippen LogP contribution < -0.4 is 10.2 Å². The molecule has 2 aromatic heterocycles. The standard InChI is InChI=1S/C23H27FN6O2/c1-29(20-9-16-3-5-18(28-16)23(20)24)22-12-25-19(11-26-22)17-4-2-14(8-21(17)32)15-10-27-30(13-15)6-7-31/h2,4,8,10-13,16,18,20,23,28,31-32H,3,5-7,9H2,1H3/t16-,18+,20-,23+/m0/s1. The van der Waals surface area contributed by atoms with Crippen LogP contribution in [0.1, 0.15) is 19.3 Å². The summed E-state index contributed by atoms with van der Waals surface area (Å²) in [4.78, 5) is 10.9. The van der Waals surface area contributed by atoms with Gasteiger partial charge in [-0.2, -0.15) is 5.10 Å². The topological polar surface area (TPSA) is 99.3 Å². The number of aliphatic hydroxyl groups is 1. The van der Waals surface area contributed by atoms with Crippen molar-refractivity contribution in [3.8, 4) is 28.1 Å². The Kier molecular flexibility index (Phi) is 5.52. The third-order valence-corrected chi connectivity index (χ3v) is 6.62. The summed E-state index contributed by atoms with van der Waals surface area (Å²) in [6, 6.07) is 5.43. The number of nitrogens with zero attached hydrogens (tertiary/aromatic N) is 5. The molecule has 0 radical (unpaired) electrons. The number of phenolic OH excluding ortho intramolecular Hbond substituents is 1. The fourth-order valence-corrected chi connectivity index (χ4v) is 4.83. The maximum absolute atomic E-state index is 14.9. The summed E-state index contributed by atoms with van der Waals surface area (Å²) >= 11 is 0. The van der Waals surface area contributed by atoms with E-state index >= 15 is 0 Å². The van der Waals surface area contributed by atoms with Gasteiger partial charge in [0.1, 0.15) is 17.7 Å². The second kappa shape index (κ2) is 8.48. The molecule has 9 heteroatoms. The number of halogens is 1. The predicted octanol–water partition coefficient (Wildman–Crippen LogP) is 2.37. The Labute approximate surface area is 185 Å². The lowest BCUT2D eigenvalue weighted by Crippen LogP contribution is -2.55. The van der Waals surface area contributed by atoms with Gasteiger partial charge >= 0.3 is 0 Å². The lowest BCUT2D eigenvalue weighted by Gasteiger charge is -2.38. The molecule has 4 atom stereocenters. The Morgan fingerprint density at radius 2 is 2.06 bits per heavy atom. The molecule has 2 saturated heterocycles. The summed E-state index contributed by atoms with van der Waals surface area (Å²) in [5.41, 5.74) is 2.78. The van der Waals surface area contributed by atoms with Gasteiger partial charge in [0, 0.05) is 36.5 Å². The number of hydrogen-bond acceptors (Lipinski definition) is 7. The van der Waals surface area contributed by atoms with Crippen LogP contribution in [-0.2, 0) is 6.54 Å². The number of benzene rings is 1. The average Bonchev–Trinajstić information content (AvgIpc) is 3.44. The molecule has 0 amide bonds. The van der Waals surface area contributed by atoms with Crippen molar-refractivity contribution >= 4 is 5.82 Å². The van der Waals surface area contributed by atoms with Gasteiger partial charge in [0.05, 0.1) is 43.5 Å². The fraction of sp³-hybridized carbons (Fsp3) is 0.435. The molecule has 2 bridgehead atoms. The number of aromatic hydroxyl groups is 1. The van der Waals surface area contributed by atoms with E-state index in [2.05, 4.69) is 20.4 Å². The van der Waals surface area contributed by atoms with E-state index in [9.17, 15) is 9.50 Å². The Balaban J connectivity index is 1.33. The first-order valence-corrected chi connectivity index (χ1v) is 11.0. The molecule has 168 valence electrons. The maximum atomic E-state index is 14.9. The van der Waals surface area contributed by atoms with Crippen molar-refractivity contribution in [1.29, 1.82) is 0 Å². The Morgan fingerprint density at radius 1 is 1.19 bits per heavy atom. The van der Waals surface area contributed by atoms with Gasteiger partial charge in [-0.3, -0.25) is 9.67 Å². The van der Waals surface area contributed by atoms with Crippen molar-refractivity contribution in [1.82, 2.24) is 25.1 Å². The second-order valence-corrected chi connectivity index (χ2v) is 8.61. The number of fused-ring (bicyclic) bond motifs is 2. The van der Waals surface area contributed by atoms with E-state index in [0.717, 1.165) is 30.4 Å². The zero-order valence-corrected chi connectivity index (χ0v) is 17.9. The van der Waals surface area contributed by atoms with Gasteiger partial charge in [0.25, 0.3) is 0 Å². The van der Waals surface area contributed by atoms with Gasteiger partial charge in [-0.25, -0.2) is 9.37 Å². The number of rotatable bonds is 6. The highest BCUT2D eigenvalue weighted by atomic mass is 19.1. The molecule has 2 fully saturated rings. The third-order valence-electron chi connectivity index (χ3n) is 6.62. The van der Waals surface area contributed by atoms with Crippen LogP contribution in [0.5, 0.6) is 5.75 Å². The van der Waals surface area contributed by atoms with Crippen molar-refractivity contribution in [2.24, 2.45) is 0 Å². The summed E-state index contributed by atoms with van der Waals surface area (Å²) < 4.78 is 16.5. The van der Waals surface area contributed by atoms with Crippen molar-refractivity contribution in [3.05, 3.63) is 43.0 Å². The molecule has 0 unspecified atom stereocenters. The molecular weight excluding hydrogens is 411 g/mol. The Morgan fingerprint density at radius 3 is 2.81 bits per heavy atom. The highest BCUT2D eigenvalue weighted by Crippen LogP contribution is 2.35. The average molecular weight is 439 g/mol. The fourth-order valence-electron chi connectivity index (χ4n) is 4.83. The van der Waals surface area contributed by atoms with Gasteiger partial charge in [-0.05, 0) is 37.0 Å². The van der Waals surface area contributed by atoms with Crippen LogP contribution in [0.25, 0.3) is 22.4 Å². The molecule has 2 aliphatic heterocycles. The summed E-state index contributed by atoms with van der Waals surface area (Å²) in [7, 11) is 1.87. The smallest absolute Gasteiger partial charge is 0.147 e. The minimum atomic E-state index is -0.932. The molecule has 32 heavy (non-hydrogen) atoms. The van der Waals surface area contributed by atoms with E-state index in [1.54, 1.807) is 35.4 Å². The third kappa shape index (κ3) is 3.82. The van der Waals surface area contributed by atoms with Crippen molar-refractivity contribution < 1.29 is 14.6 Å². The van der Waals surface area contributed by atoms with E-state index in [1.807, 2.05) is 24.2 Å². The van der Waals surface area contributed by atoms with Crippen LogP contribution in [0.15, 0.2) is 43.0 Å². The number of piperidine rings is 1. The zero-order chi connectivity index (χ0) is 22.2. The molecular formula is C23H27FN6O2. The van der Waals surface area contributed by atoms with Gasteiger partial charge in [-0.1, -0.05) is 6.07 Å². The van der Waals surface area contributed by atoms with Gasteiger partial charge in [0.15, 0.2) is 0 Å². The highest BCUT2D eigenvalue weighted by Gasteiger charge is 2.43. The molecule has 8 nitrogen and oxygen atoms in total. The molecule has 0 aliphatic carbocycles. The second-order valence-electron chi connectivity index (χ2n) is 8.61. The molecule has 0 spiro atoms. The summed E-state index contributed by atoms with van der Waals surface area (Å²) in [5.74, 6) is 0.710. The van der Waals surface area contributed by atoms with E-state index < -0.39 is 6.17 Å². The number of nitrogens with one attached hydrogen (secondary N) is 1. The summed E-state index contributed by atoms with van der Waals surface area (Å²) in [6.45, 7) is 0.433. The lowest BCUT2D eigenvalue weighted by atomic mass is 9.96. The van der Waals surface area contributed by atoms with E-state index in [0.29, 0.717) is 29.7 Å². The Hall–Kier alpha value is -3.04. The number of aromatic nitrogens is 4. The number of alkyl halides is 1. The van der Waals surface area contributed by atoms with Gasteiger partial charge in [0.2, 0.25) is 0 Å². The molecule has 3 aromatic rings.